The zero-order chi connectivity index (χ0) is 12.4. The first-order chi connectivity index (χ1) is 8.83. The van der Waals surface area contributed by atoms with Gasteiger partial charge in [0.25, 0.3) is 0 Å². The highest BCUT2D eigenvalue weighted by molar-refractivity contribution is 7.10. The van der Waals surface area contributed by atoms with Crippen molar-refractivity contribution >= 4 is 11.3 Å². The van der Waals surface area contributed by atoms with Crippen molar-refractivity contribution in [3.8, 4) is 5.75 Å². The third-order valence-corrected chi connectivity index (χ3v) is 4.51. The first-order valence-electron chi connectivity index (χ1n) is 6.40. The molecule has 2 aromatic rings. The third kappa shape index (κ3) is 2.42. The van der Waals surface area contributed by atoms with Crippen molar-refractivity contribution in [3.05, 3.63) is 51.7 Å². The first-order valence-corrected chi connectivity index (χ1v) is 7.28. The molecule has 0 radical (unpaired) electrons. The lowest BCUT2D eigenvalue weighted by Crippen LogP contribution is -2.23. The molecule has 1 heterocycles. The van der Waals surface area contributed by atoms with Crippen LogP contribution < -0.4 is 5.32 Å². The molecular formula is C15H17NOS. The SMILES string of the molecule is Oc1cccc(CNC2CCCc3sccc32)c1. The van der Waals surface area contributed by atoms with E-state index in [1.54, 1.807) is 6.07 Å². The molecule has 1 aromatic carbocycles. The maximum absolute atomic E-state index is 9.45. The van der Waals surface area contributed by atoms with Crippen molar-refractivity contribution in [1.29, 1.82) is 0 Å². The quantitative estimate of drug-likeness (QED) is 0.882. The summed E-state index contributed by atoms with van der Waals surface area (Å²) in [6.07, 6.45) is 3.71. The maximum atomic E-state index is 9.45. The van der Waals surface area contributed by atoms with Crippen LogP contribution in [0.2, 0.25) is 0 Å². The summed E-state index contributed by atoms with van der Waals surface area (Å²) in [5.41, 5.74) is 2.61. The van der Waals surface area contributed by atoms with Crippen LogP contribution in [-0.2, 0) is 13.0 Å². The lowest BCUT2D eigenvalue weighted by Gasteiger charge is -2.23. The van der Waals surface area contributed by atoms with Crippen molar-refractivity contribution in [2.45, 2.75) is 31.8 Å². The Balaban J connectivity index is 1.68. The minimum atomic E-state index is 0.342. The Labute approximate surface area is 111 Å². The summed E-state index contributed by atoms with van der Waals surface area (Å²) in [5, 5.41) is 15.2. The van der Waals surface area contributed by atoms with Gasteiger partial charge in [-0.05, 0) is 54.0 Å². The zero-order valence-corrected chi connectivity index (χ0v) is 11.0. The molecular weight excluding hydrogens is 242 g/mol. The van der Waals surface area contributed by atoms with E-state index in [1.807, 2.05) is 29.5 Å². The Bertz CT molecular complexity index is 535. The molecule has 0 saturated heterocycles. The summed E-state index contributed by atoms with van der Waals surface area (Å²) in [7, 11) is 0. The molecule has 3 rings (SSSR count). The molecule has 0 bridgehead atoms. The lowest BCUT2D eigenvalue weighted by atomic mass is 9.94. The van der Waals surface area contributed by atoms with Crippen LogP contribution in [0.15, 0.2) is 35.7 Å². The number of aromatic hydroxyl groups is 1. The van der Waals surface area contributed by atoms with Crippen molar-refractivity contribution < 1.29 is 5.11 Å². The van der Waals surface area contributed by atoms with Gasteiger partial charge < -0.3 is 10.4 Å². The maximum Gasteiger partial charge on any atom is 0.115 e. The number of fused-ring (bicyclic) bond motifs is 1. The predicted octanol–water partition coefficient (Wildman–Crippen LogP) is 3.62. The van der Waals surface area contributed by atoms with Gasteiger partial charge in [0.05, 0.1) is 0 Å². The number of rotatable bonds is 3. The van der Waals surface area contributed by atoms with Crippen LogP contribution in [0.5, 0.6) is 5.75 Å². The van der Waals surface area contributed by atoms with E-state index in [2.05, 4.69) is 16.8 Å². The first kappa shape index (κ1) is 11.8. The summed E-state index contributed by atoms with van der Waals surface area (Å²) in [6, 6.07) is 10.2. The molecule has 1 aliphatic rings. The van der Waals surface area contributed by atoms with E-state index in [9.17, 15) is 5.11 Å². The van der Waals surface area contributed by atoms with Gasteiger partial charge in [-0.1, -0.05) is 12.1 Å². The number of aryl methyl sites for hydroxylation is 1. The van der Waals surface area contributed by atoms with E-state index in [-0.39, 0.29) is 0 Å². The number of thiophene rings is 1. The summed E-state index contributed by atoms with van der Waals surface area (Å²) >= 11 is 1.87. The number of hydrogen-bond acceptors (Lipinski definition) is 3. The van der Waals surface area contributed by atoms with Crippen molar-refractivity contribution in [1.82, 2.24) is 5.32 Å². The van der Waals surface area contributed by atoms with Gasteiger partial charge in [-0.15, -0.1) is 11.3 Å². The minimum absolute atomic E-state index is 0.342. The van der Waals surface area contributed by atoms with Gasteiger partial charge in [0.1, 0.15) is 5.75 Å². The Morgan fingerprint density at radius 1 is 1.33 bits per heavy atom. The summed E-state index contributed by atoms with van der Waals surface area (Å²) in [5.74, 6) is 0.342. The smallest absolute Gasteiger partial charge is 0.115 e. The van der Waals surface area contributed by atoms with E-state index in [1.165, 1.54) is 29.7 Å². The zero-order valence-electron chi connectivity index (χ0n) is 10.2. The Kier molecular flexibility index (Phi) is 3.35. The van der Waals surface area contributed by atoms with Gasteiger partial charge in [-0.2, -0.15) is 0 Å². The van der Waals surface area contributed by atoms with E-state index >= 15 is 0 Å². The number of nitrogens with one attached hydrogen (secondary N) is 1. The van der Waals surface area contributed by atoms with Crippen LogP contribution >= 0.6 is 11.3 Å². The van der Waals surface area contributed by atoms with E-state index in [0.29, 0.717) is 11.8 Å². The van der Waals surface area contributed by atoms with Gasteiger partial charge in [-0.3, -0.25) is 0 Å². The second kappa shape index (κ2) is 5.12. The fraction of sp³-hybridized carbons (Fsp3) is 0.333. The summed E-state index contributed by atoms with van der Waals surface area (Å²) in [4.78, 5) is 1.54. The highest BCUT2D eigenvalue weighted by Crippen LogP contribution is 2.33. The lowest BCUT2D eigenvalue weighted by molar-refractivity contribution is 0.458. The van der Waals surface area contributed by atoms with Gasteiger partial charge >= 0.3 is 0 Å². The number of phenolic OH excluding ortho intramolecular Hbond substituents is 1. The third-order valence-electron chi connectivity index (χ3n) is 3.52. The van der Waals surface area contributed by atoms with Gasteiger partial charge in [0.15, 0.2) is 0 Å². The van der Waals surface area contributed by atoms with Gasteiger partial charge in [0.2, 0.25) is 0 Å². The van der Waals surface area contributed by atoms with Crippen LogP contribution in [-0.4, -0.2) is 5.11 Å². The molecule has 18 heavy (non-hydrogen) atoms. The van der Waals surface area contributed by atoms with Crippen molar-refractivity contribution in [3.63, 3.8) is 0 Å². The highest BCUT2D eigenvalue weighted by Gasteiger charge is 2.20. The van der Waals surface area contributed by atoms with Crippen molar-refractivity contribution in [2.24, 2.45) is 0 Å². The molecule has 1 aliphatic carbocycles. The topological polar surface area (TPSA) is 32.3 Å². The molecule has 94 valence electrons. The highest BCUT2D eigenvalue weighted by atomic mass is 32.1. The van der Waals surface area contributed by atoms with E-state index in [4.69, 9.17) is 0 Å². The second-order valence-electron chi connectivity index (χ2n) is 4.79. The Morgan fingerprint density at radius 2 is 2.28 bits per heavy atom. The molecule has 0 spiro atoms. The fourth-order valence-corrected chi connectivity index (χ4v) is 3.59. The summed E-state index contributed by atoms with van der Waals surface area (Å²) in [6.45, 7) is 0.814. The molecule has 1 unspecified atom stereocenters. The predicted molar refractivity (Wildman–Crippen MR) is 74.9 cm³/mol. The number of hydrogen-bond donors (Lipinski definition) is 2. The summed E-state index contributed by atoms with van der Waals surface area (Å²) < 4.78 is 0. The monoisotopic (exact) mass is 259 g/mol. The molecule has 1 atom stereocenters. The molecule has 0 fully saturated rings. The van der Waals surface area contributed by atoms with Crippen molar-refractivity contribution in [2.75, 3.05) is 0 Å². The average molecular weight is 259 g/mol. The molecule has 1 aromatic heterocycles. The largest absolute Gasteiger partial charge is 0.508 e. The minimum Gasteiger partial charge on any atom is -0.508 e. The van der Waals surface area contributed by atoms with Crippen LogP contribution in [0.3, 0.4) is 0 Å². The van der Waals surface area contributed by atoms with Crippen LogP contribution in [0.1, 0.15) is 34.9 Å². The van der Waals surface area contributed by atoms with E-state index in [0.717, 1.165) is 12.1 Å². The Morgan fingerprint density at radius 3 is 3.17 bits per heavy atom. The average Bonchev–Trinajstić information content (AvgIpc) is 2.85. The number of benzene rings is 1. The molecule has 0 aliphatic heterocycles. The second-order valence-corrected chi connectivity index (χ2v) is 5.80. The molecule has 0 saturated carbocycles. The van der Waals surface area contributed by atoms with Crippen LogP contribution in [0.25, 0.3) is 0 Å². The van der Waals surface area contributed by atoms with Gasteiger partial charge in [0, 0.05) is 17.5 Å². The van der Waals surface area contributed by atoms with Crippen LogP contribution in [0.4, 0.5) is 0 Å². The molecule has 2 nitrogen and oxygen atoms in total. The van der Waals surface area contributed by atoms with Gasteiger partial charge in [-0.25, -0.2) is 0 Å². The van der Waals surface area contributed by atoms with Crippen LogP contribution in [0, 0.1) is 0 Å². The standard InChI is InChI=1S/C15H17NOS/c17-12-4-1-3-11(9-12)10-16-14-5-2-6-15-13(14)7-8-18-15/h1,3-4,7-9,14,16-17H,2,5-6,10H2. The molecule has 0 amide bonds. The fourth-order valence-electron chi connectivity index (χ4n) is 2.61. The molecule has 2 N–H and O–H groups in total. The molecule has 3 heteroatoms. The normalized spacial score (nSPS) is 18.6. The Hall–Kier alpha value is -1.32. The van der Waals surface area contributed by atoms with E-state index < -0.39 is 0 Å². The number of phenols is 1.